The second-order valence-electron chi connectivity index (χ2n) is 4.84. The number of halogens is 1. The molecule has 1 unspecified atom stereocenters. The van der Waals surface area contributed by atoms with Gasteiger partial charge in [0, 0.05) is 13.1 Å². The van der Waals surface area contributed by atoms with Crippen molar-refractivity contribution in [1.82, 2.24) is 5.32 Å². The predicted molar refractivity (Wildman–Crippen MR) is 76.6 cm³/mol. The van der Waals surface area contributed by atoms with Gasteiger partial charge in [-0.05, 0) is 38.9 Å². The lowest BCUT2D eigenvalue weighted by Crippen LogP contribution is -2.51. The number of hydrogen-bond acceptors (Lipinski definition) is 3. The minimum absolute atomic E-state index is 0.250. The molecule has 0 aliphatic heterocycles. The van der Waals surface area contributed by atoms with E-state index in [2.05, 4.69) is 18.3 Å². The van der Waals surface area contributed by atoms with Crippen molar-refractivity contribution in [2.45, 2.75) is 32.7 Å². The number of anilines is 1. The molecule has 4 heteroatoms. The van der Waals surface area contributed by atoms with E-state index in [1.165, 1.54) is 6.07 Å². The van der Waals surface area contributed by atoms with Crippen LogP contribution in [-0.2, 0) is 0 Å². The lowest BCUT2D eigenvalue weighted by Gasteiger charge is -2.32. The highest BCUT2D eigenvalue weighted by atomic mass is 19.1. The quantitative estimate of drug-likeness (QED) is 0.822. The Morgan fingerprint density at radius 2 is 2.05 bits per heavy atom. The van der Waals surface area contributed by atoms with Gasteiger partial charge in [-0.25, -0.2) is 4.39 Å². The fourth-order valence-electron chi connectivity index (χ4n) is 1.99. The van der Waals surface area contributed by atoms with Crippen LogP contribution >= 0.6 is 0 Å². The van der Waals surface area contributed by atoms with Gasteiger partial charge in [0.2, 0.25) is 0 Å². The van der Waals surface area contributed by atoms with E-state index in [1.807, 2.05) is 24.8 Å². The molecule has 1 aromatic carbocycles. The van der Waals surface area contributed by atoms with Gasteiger partial charge in [-0.3, -0.25) is 5.32 Å². The second kappa shape index (κ2) is 7.10. The molecule has 0 radical (unpaired) electrons. The number of nitriles is 1. The summed E-state index contributed by atoms with van der Waals surface area (Å²) in [5.41, 5.74) is -0.126. The molecule has 0 saturated heterocycles. The zero-order chi connectivity index (χ0) is 14.3. The van der Waals surface area contributed by atoms with E-state index in [0.717, 1.165) is 13.0 Å². The van der Waals surface area contributed by atoms with Gasteiger partial charge in [0.05, 0.1) is 11.8 Å². The van der Waals surface area contributed by atoms with Crippen LogP contribution in [0.3, 0.4) is 0 Å². The zero-order valence-electron chi connectivity index (χ0n) is 11.9. The topological polar surface area (TPSA) is 39.1 Å². The number of nitrogens with zero attached hydrogens (tertiary/aromatic N) is 2. The first-order chi connectivity index (χ1) is 9.06. The van der Waals surface area contributed by atoms with Crippen LogP contribution in [0.5, 0.6) is 0 Å². The highest BCUT2D eigenvalue weighted by Gasteiger charge is 2.26. The third-order valence-corrected chi connectivity index (χ3v) is 3.09. The molecule has 104 valence electrons. The largest absolute Gasteiger partial charge is 0.367 e. The molecule has 1 rings (SSSR count). The molecule has 0 saturated carbocycles. The van der Waals surface area contributed by atoms with E-state index in [1.54, 1.807) is 12.1 Å². The minimum atomic E-state index is -0.672. The summed E-state index contributed by atoms with van der Waals surface area (Å²) in [5, 5.41) is 12.6. The molecule has 1 aromatic rings. The summed E-state index contributed by atoms with van der Waals surface area (Å²) in [6.07, 6.45) is 0.961. The van der Waals surface area contributed by atoms with Gasteiger partial charge in [-0.2, -0.15) is 5.26 Å². The molecule has 0 aliphatic carbocycles. The summed E-state index contributed by atoms with van der Waals surface area (Å²) in [6.45, 7) is 7.77. The standard InChI is InChI=1S/C15H22FN3/c1-4-10-18-15(3,11-17)12-19(5-2)14-9-7-6-8-13(14)16/h6-9,18H,4-5,10,12H2,1-3H3. The first-order valence-corrected chi connectivity index (χ1v) is 6.72. The van der Waals surface area contributed by atoms with Crippen molar-refractivity contribution in [2.24, 2.45) is 0 Å². The minimum Gasteiger partial charge on any atom is -0.367 e. The van der Waals surface area contributed by atoms with Crippen LogP contribution in [0.4, 0.5) is 10.1 Å². The van der Waals surface area contributed by atoms with Crippen LogP contribution in [0.2, 0.25) is 0 Å². The van der Waals surface area contributed by atoms with E-state index >= 15 is 0 Å². The predicted octanol–water partition coefficient (Wildman–Crippen LogP) is 2.93. The van der Waals surface area contributed by atoms with Crippen LogP contribution in [0.1, 0.15) is 27.2 Å². The normalized spacial score (nSPS) is 13.6. The summed E-state index contributed by atoms with van der Waals surface area (Å²) in [6, 6.07) is 8.97. The van der Waals surface area contributed by atoms with Gasteiger partial charge in [0.25, 0.3) is 0 Å². The van der Waals surface area contributed by atoms with Gasteiger partial charge < -0.3 is 4.90 Å². The molecular formula is C15H22FN3. The van der Waals surface area contributed by atoms with Crippen LogP contribution < -0.4 is 10.2 Å². The number of benzene rings is 1. The van der Waals surface area contributed by atoms with Crippen molar-refractivity contribution < 1.29 is 4.39 Å². The lowest BCUT2D eigenvalue weighted by atomic mass is 10.0. The number of rotatable bonds is 7. The Bertz CT molecular complexity index is 441. The number of hydrogen-bond donors (Lipinski definition) is 1. The Kier molecular flexibility index (Phi) is 5.78. The maximum Gasteiger partial charge on any atom is 0.146 e. The van der Waals surface area contributed by atoms with E-state index < -0.39 is 5.54 Å². The van der Waals surface area contributed by atoms with Gasteiger partial charge in [-0.1, -0.05) is 19.1 Å². The molecule has 1 N–H and O–H groups in total. The van der Waals surface area contributed by atoms with Gasteiger partial charge >= 0.3 is 0 Å². The first kappa shape index (κ1) is 15.5. The molecule has 0 spiro atoms. The van der Waals surface area contributed by atoms with Crippen molar-refractivity contribution in [3.63, 3.8) is 0 Å². The Morgan fingerprint density at radius 3 is 2.58 bits per heavy atom. The third kappa shape index (κ3) is 4.22. The van der Waals surface area contributed by atoms with Crippen LogP contribution in [0.15, 0.2) is 24.3 Å². The van der Waals surface area contributed by atoms with Crippen molar-refractivity contribution >= 4 is 5.69 Å². The lowest BCUT2D eigenvalue weighted by molar-refractivity contribution is 0.442. The molecule has 0 fully saturated rings. The van der Waals surface area contributed by atoms with E-state index in [4.69, 9.17) is 0 Å². The smallest absolute Gasteiger partial charge is 0.146 e. The molecule has 3 nitrogen and oxygen atoms in total. The number of likely N-dealkylation sites (N-methyl/N-ethyl adjacent to an activating group) is 1. The summed E-state index contributed by atoms with van der Waals surface area (Å²) in [7, 11) is 0. The summed E-state index contributed by atoms with van der Waals surface area (Å²) >= 11 is 0. The maximum atomic E-state index is 13.8. The average Bonchev–Trinajstić information content (AvgIpc) is 2.43. The molecule has 0 aromatic heterocycles. The Morgan fingerprint density at radius 1 is 1.37 bits per heavy atom. The first-order valence-electron chi connectivity index (χ1n) is 6.72. The van der Waals surface area contributed by atoms with E-state index in [0.29, 0.717) is 18.8 Å². The Labute approximate surface area is 115 Å². The maximum absolute atomic E-state index is 13.8. The molecule has 1 atom stereocenters. The van der Waals surface area contributed by atoms with Gasteiger partial charge in [-0.15, -0.1) is 0 Å². The molecule has 19 heavy (non-hydrogen) atoms. The molecule has 0 bridgehead atoms. The molecular weight excluding hydrogens is 241 g/mol. The molecule has 0 aliphatic rings. The zero-order valence-corrected chi connectivity index (χ0v) is 11.9. The average molecular weight is 263 g/mol. The van der Waals surface area contributed by atoms with Crippen molar-refractivity contribution in [3.05, 3.63) is 30.1 Å². The van der Waals surface area contributed by atoms with Gasteiger partial charge in [0.1, 0.15) is 11.4 Å². The summed E-state index contributed by atoms with van der Waals surface area (Å²) in [4.78, 5) is 1.89. The Balaban J connectivity index is 2.87. The highest BCUT2D eigenvalue weighted by molar-refractivity contribution is 5.48. The van der Waals surface area contributed by atoms with Crippen molar-refractivity contribution in [3.8, 4) is 6.07 Å². The fourth-order valence-corrected chi connectivity index (χ4v) is 1.99. The van der Waals surface area contributed by atoms with E-state index in [9.17, 15) is 9.65 Å². The van der Waals surface area contributed by atoms with Crippen LogP contribution in [0.25, 0.3) is 0 Å². The summed E-state index contributed by atoms with van der Waals surface area (Å²) in [5.74, 6) is -0.250. The van der Waals surface area contributed by atoms with Crippen molar-refractivity contribution in [1.29, 1.82) is 5.26 Å². The number of para-hydroxylation sites is 1. The SMILES string of the molecule is CCCNC(C)(C#N)CN(CC)c1ccccc1F. The molecule has 0 heterocycles. The molecule has 0 amide bonds. The monoisotopic (exact) mass is 263 g/mol. The fraction of sp³-hybridized carbons (Fsp3) is 0.533. The Hall–Kier alpha value is -1.60. The number of nitrogens with one attached hydrogen (secondary N) is 1. The van der Waals surface area contributed by atoms with Gasteiger partial charge in [0.15, 0.2) is 0 Å². The van der Waals surface area contributed by atoms with E-state index in [-0.39, 0.29) is 5.82 Å². The highest BCUT2D eigenvalue weighted by Crippen LogP contribution is 2.20. The summed E-state index contributed by atoms with van der Waals surface area (Å²) < 4.78 is 13.8. The van der Waals surface area contributed by atoms with Crippen LogP contribution in [-0.4, -0.2) is 25.2 Å². The second-order valence-corrected chi connectivity index (χ2v) is 4.84. The third-order valence-electron chi connectivity index (χ3n) is 3.09. The van der Waals surface area contributed by atoms with Crippen LogP contribution in [0, 0.1) is 17.1 Å². The van der Waals surface area contributed by atoms with Crippen molar-refractivity contribution in [2.75, 3.05) is 24.5 Å².